The summed E-state index contributed by atoms with van der Waals surface area (Å²) < 4.78 is 7.19. The first-order chi connectivity index (χ1) is 13.1. The van der Waals surface area contributed by atoms with E-state index in [4.69, 9.17) is 9.84 Å². The summed E-state index contributed by atoms with van der Waals surface area (Å²) in [6, 6.07) is 18.1. The topological polar surface area (TPSA) is 47.4 Å². The van der Waals surface area contributed by atoms with E-state index in [0.717, 1.165) is 28.1 Å². The number of nitrogens with zero attached hydrogens (tertiary/aromatic N) is 3. The number of hydrogen-bond donors (Lipinski definition) is 0. The number of amides is 1. The molecule has 2 aromatic carbocycles. The van der Waals surface area contributed by atoms with Crippen molar-refractivity contribution in [1.29, 1.82) is 0 Å². The summed E-state index contributed by atoms with van der Waals surface area (Å²) in [6.07, 6.45) is 0. The van der Waals surface area contributed by atoms with Crippen LogP contribution in [0.2, 0.25) is 0 Å². The van der Waals surface area contributed by atoms with Gasteiger partial charge in [-0.25, -0.2) is 4.68 Å². The van der Waals surface area contributed by atoms with Gasteiger partial charge < -0.3 is 9.64 Å². The van der Waals surface area contributed by atoms with E-state index in [-0.39, 0.29) is 5.91 Å². The van der Waals surface area contributed by atoms with E-state index in [0.29, 0.717) is 32.0 Å². The summed E-state index contributed by atoms with van der Waals surface area (Å²) >= 11 is 0. The van der Waals surface area contributed by atoms with Gasteiger partial charge in [-0.3, -0.25) is 4.79 Å². The van der Waals surface area contributed by atoms with E-state index in [1.807, 2.05) is 55.1 Å². The third-order valence-electron chi connectivity index (χ3n) is 4.89. The Balaban J connectivity index is 1.84. The van der Waals surface area contributed by atoms with Gasteiger partial charge in [0.1, 0.15) is 5.69 Å². The second kappa shape index (κ2) is 7.37. The fraction of sp³-hybridized carbons (Fsp3) is 0.273. The molecule has 138 valence electrons. The predicted octanol–water partition coefficient (Wildman–Crippen LogP) is 3.63. The van der Waals surface area contributed by atoms with Gasteiger partial charge in [-0.1, -0.05) is 42.5 Å². The first-order valence-electron chi connectivity index (χ1n) is 9.23. The van der Waals surface area contributed by atoms with Crippen molar-refractivity contribution in [2.24, 2.45) is 0 Å². The van der Waals surface area contributed by atoms with Gasteiger partial charge in [0.05, 0.1) is 24.6 Å². The molecular formula is C22H23N3O2. The summed E-state index contributed by atoms with van der Waals surface area (Å²) in [5.41, 5.74) is 5.54. The standard InChI is InChI=1S/C22H23N3O2/c1-16-8-9-17(2)20(14-16)25-21(22(26)24-10-12-27-13-11-24)15-19(23-25)18-6-4-3-5-7-18/h3-9,14-15H,10-13H2,1-2H3. The van der Waals surface area contributed by atoms with Gasteiger partial charge in [-0.2, -0.15) is 5.10 Å². The van der Waals surface area contributed by atoms with E-state index in [1.165, 1.54) is 0 Å². The summed E-state index contributed by atoms with van der Waals surface area (Å²) in [7, 11) is 0. The van der Waals surface area contributed by atoms with Gasteiger partial charge >= 0.3 is 0 Å². The molecule has 1 fully saturated rings. The molecule has 0 atom stereocenters. The number of hydrogen-bond acceptors (Lipinski definition) is 3. The molecule has 1 aliphatic heterocycles. The van der Waals surface area contributed by atoms with Gasteiger partial charge in [-0.05, 0) is 37.1 Å². The van der Waals surface area contributed by atoms with Gasteiger partial charge in [-0.15, -0.1) is 0 Å². The minimum absolute atomic E-state index is 0.00566. The van der Waals surface area contributed by atoms with Crippen molar-refractivity contribution in [3.8, 4) is 16.9 Å². The van der Waals surface area contributed by atoms with Crippen molar-refractivity contribution in [1.82, 2.24) is 14.7 Å². The molecule has 1 aromatic heterocycles. The van der Waals surface area contributed by atoms with Crippen LogP contribution in [-0.2, 0) is 4.74 Å². The lowest BCUT2D eigenvalue weighted by atomic mass is 10.1. The highest BCUT2D eigenvalue weighted by Crippen LogP contribution is 2.25. The lowest BCUT2D eigenvalue weighted by Gasteiger charge is -2.27. The fourth-order valence-electron chi connectivity index (χ4n) is 3.34. The molecule has 1 aliphatic rings. The second-order valence-electron chi connectivity index (χ2n) is 6.89. The maximum Gasteiger partial charge on any atom is 0.272 e. The third kappa shape index (κ3) is 3.51. The monoisotopic (exact) mass is 361 g/mol. The molecule has 5 heteroatoms. The highest BCUT2D eigenvalue weighted by molar-refractivity contribution is 5.94. The maximum atomic E-state index is 13.2. The predicted molar refractivity (Wildman–Crippen MR) is 105 cm³/mol. The Morgan fingerprint density at radius 1 is 1.00 bits per heavy atom. The number of aromatic nitrogens is 2. The van der Waals surface area contributed by atoms with Crippen LogP contribution in [0, 0.1) is 13.8 Å². The Labute approximate surface area is 159 Å². The van der Waals surface area contributed by atoms with Crippen LogP contribution < -0.4 is 0 Å². The highest BCUT2D eigenvalue weighted by Gasteiger charge is 2.24. The number of rotatable bonds is 3. The molecule has 0 unspecified atom stereocenters. The van der Waals surface area contributed by atoms with Crippen molar-refractivity contribution >= 4 is 5.91 Å². The molecule has 5 nitrogen and oxygen atoms in total. The quantitative estimate of drug-likeness (QED) is 0.716. The largest absolute Gasteiger partial charge is 0.378 e. The fourth-order valence-corrected chi connectivity index (χ4v) is 3.34. The SMILES string of the molecule is Cc1ccc(C)c(-n2nc(-c3ccccc3)cc2C(=O)N2CCOCC2)c1. The average molecular weight is 361 g/mol. The zero-order chi connectivity index (χ0) is 18.8. The molecule has 4 rings (SSSR count). The van der Waals surface area contributed by atoms with Crippen molar-refractivity contribution < 1.29 is 9.53 Å². The molecular weight excluding hydrogens is 338 g/mol. The van der Waals surface area contributed by atoms with Crippen LogP contribution in [0.15, 0.2) is 54.6 Å². The number of carbonyl (C=O) groups is 1. The molecule has 0 aliphatic carbocycles. The molecule has 2 heterocycles. The zero-order valence-corrected chi connectivity index (χ0v) is 15.7. The Morgan fingerprint density at radius 3 is 2.48 bits per heavy atom. The van der Waals surface area contributed by atoms with Crippen molar-refractivity contribution in [3.05, 3.63) is 71.4 Å². The first kappa shape index (κ1) is 17.5. The molecule has 0 spiro atoms. The molecule has 0 saturated carbocycles. The molecule has 0 N–H and O–H groups in total. The second-order valence-corrected chi connectivity index (χ2v) is 6.89. The normalized spacial score (nSPS) is 14.4. The molecule has 0 radical (unpaired) electrons. The Kier molecular flexibility index (Phi) is 4.77. The van der Waals surface area contributed by atoms with Crippen LogP contribution in [0.4, 0.5) is 0 Å². The van der Waals surface area contributed by atoms with Crippen LogP contribution in [0.25, 0.3) is 16.9 Å². The molecule has 1 amide bonds. The maximum absolute atomic E-state index is 13.2. The average Bonchev–Trinajstić information content (AvgIpc) is 3.16. The molecule has 1 saturated heterocycles. The van der Waals surface area contributed by atoms with E-state index >= 15 is 0 Å². The molecule has 0 bridgehead atoms. The molecule has 3 aromatic rings. The van der Waals surface area contributed by atoms with Gasteiger partial charge in [0.15, 0.2) is 0 Å². The lowest BCUT2D eigenvalue weighted by molar-refractivity contribution is 0.0297. The highest BCUT2D eigenvalue weighted by atomic mass is 16.5. The summed E-state index contributed by atoms with van der Waals surface area (Å²) in [6.45, 7) is 6.47. The zero-order valence-electron chi connectivity index (χ0n) is 15.7. The van der Waals surface area contributed by atoms with E-state index in [2.05, 4.69) is 18.2 Å². The van der Waals surface area contributed by atoms with Crippen LogP contribution in [0.1, 0.15) is 21.6 Å². The minimum Gasteiger partial charge on any atom is -0.378 e. The van der Waals surface area contributed by atoms with E-state index < -0.39 is 0 Å². The summed E-state index contributed by atoms with van der Waals surface area (Å²) in [5, 5.41) is 4.81. The van der Waals surface area contributed by atoms with Gasteiger partial charge in [0.2, 0.25) is 0 Å². The Bertz CT molecular complexity index is 957. The van der Waals surface area contributed by atoms with Gasteiger partial charge in [0, 0.05) is 18.7 Å². The van der Waals surface area contributed by atoms with Crippen LogP contribution in [0.5, 0.6) is 0 Å². The van der Waals surface area contributed by atoms with Crippen LogP contribution >= 0.6 is 0 Å². The van der Waals surface area contributed by atoms with E-state index in [1.54, 1.807) is 4.68 Å². The number of ether oxygens (including phenoxy) is 1. The van der Waals surface area contributed by atoms with Crippen LogP contribution in [-0.4, -0.2) is 46.9 Å². The number of carbonyl (C=O) groups excluding carboxylic acids is 1. The first-order valence-corrected chi connectivity index (χ1v) is 9.23. The Hall–Kier alpha value is -2.92. The van der Waals surface area contributed by atoms with Crippen LogP contribution in [0.3, 0.4) is 0 Å². The number of morpholine rings is 1. The number of benzene rings is 2. The van der Waals surface area contributed by atoms with Gasteiger partial charge in [0.25, 0.3) is 5.91 Å². The molecule has 27 heavy (non-hydrogen) atoms. The van der Waals surface area contributed by atoms with E-state index in [9.17, 15) is 4.79 Å². The van der Waals surface area contributed by atoms with Crippen molar-refractivity contribution in [2.45, 2.75) is 13.8 Å². The minimum atomic E-state index is -0.00566. The van der Waals surface area contributed by atoms with Crippen molar-refractivity contribution in [3.63, 3.8) is 0 Å². The van der Waals surface area contributed by atoms with Crippen molar-refractivity contribution in [2.75, 3.05) is 26.3 Å². The number of aryl methyl sites for hydroxylation is 2. The smallest absolute Gasteiger partial charge is 0.272 e. The summed E-state index contributed by atoms with van der Waals surface area (Å²) in [4.78, 5) is 15.1. The summed E-state index contributed by atoms with van der Waals surface area (Å²) in [5.74, 6) is -0.00566. The Morgan fingerprint density at radius 2 is 1.74 bits per heavy atom. The lowest BCUT2D eigenvalue weighted by Crippen LogP contribution is -2.41. The third-order valence-corrected chi connectivity index (χ3v) is 4.89.